The molecule has 1 rings (SSSR count). The summed E-state index contributed by atoms with van der Waals surface area (Å²) >= 11 is 0. The van der Waals surface area contributed by atoms with E-state index in [4.69, 9.17) is 0 Å². The molecule has 88 valence electrons. The minimum absolute atomic E-state index is 0.0191. The van der Waals surface area contributed by atoms with Crippen molar-refractivity contribution in [1.82, 2.24) is 0 Å². The Kier molecular flexibility index (Phi) is 4.68. The number of hydrogen-bond acceptors (Lipinski definition) is 2. The molecule has 0 fully saturated rings. The van der Waals surface area contributed by atoms with Gasteiger partial charge in [0.1, 0.15) is 0 Å². The topological polar surface area (TPSA) is 46.2 Å². The van der Waals surface area contributed by atoms with Gasteiger partial charge in [0.15, 0.2) is 0 Å². The van der Waals surface area contributed by atoms with E-state index in [0.717, 1.165) is 11.3 Å². The van der Waals surface area contributed by atoms with Crippen molar-refractivity contribution in [1.29, 1.82) is 0 Å². The van der Waals surface area contributed by atoms with Gasteiger partial charge >= 0.3 is 0 Å². The average Bonchev–Trinajstić information content (AvgIpc) is 2.20. The highest BCUT2D eigenvalue weighted by Crippen LogP contribution is 2.17. The molecule has 0 unspecified atom stereocenters. The Balaban J connectivity index is 2.86. The van der Waals surface area contributed by atoms with E-state index in [1.54, 1.807) is 6.26 Å². The molecule has 0 aromatic heterocycles. The SMILES string of the molecule is CC(C)C(=O)Nc1ccccc1C[S@](C)=O. The number of nitrogens with one attached hydrogen (secondary N) is 1. The lowest BCUT2D eigenvalue weighted by atomic mass is 10.1. The predicted octanol–water partition coefficient (Wildman–Crippen LogP) is 2.16. The summed E-state index contributed by atoms with van der Waals surface area (Å²) in [7, 11) is -0.904. The predicted molar refractivity (Wildman–Crippen MR) is 67.7 cm³/mol. The normalized spacial score (nSPS) is 12.5. The fourth-order valence-electron chi connectivity index (χ4n) is 1.26. The van der Waals surface area contributed by atoms with Crippen LogP contribution < -0.4 is 5.32 Å². The van der Waals surface area contributed by atoms with E-state index < -0.39 is 10.8 Å². The Morgan fingerprint density at radius 2 is 2.00 bits per heavy atom. The highest BCUT2D eigenvalue weighted by molar-refractivity contribution is 7.83. The summed E-state index contributed by atoms with van der Waals surface area (Å²) < 4.78 is 11.2. The maximum Gasteiger partial charge on any atom is 0.226 e. The van der Waals surface area contributed by atoms with Crippen LogP contribution in [0.4, 0.5) is 5.69 Å². The van der Waals surface area contributed by atoms with Gasteiger partial charge in [0, 0.05) is 28.7 Å². The summed E-state index contributed by atoms with van der Waals surface area (Å²) in [6.45, 7) is 3.69. The lowest BCUT2D eigenvalue weighted by Crippen LogP contribution is -2.18. The lowest BCUT2D eigenvalue weighted by Gasteiger charge is -2.11. The van der Waals surface area contributed by atoms with Crippen LogP contribution in [-0.2, 0) is 21.3 Å². The van der Waals surface area contributed by atoms with Gasteiger partial charge < -0.3 is 5.32 Å². The third kappa shape index (κ3) is 3.77. The molecule has 0 heterocycles. The summed E-state index contributed by atoms with van der Waals surface area (Å²) in [5.74, 6) is 0.392. The maximum atomic E-state index is 11.6. The van der Waals surface area contributed by atoms with Crippen molar-refractivity contribution >= 4 is 22.4 Å². The summed E-state index contributed by atoms with van der Waals surface area (Å²) in [5.41, 5.74) is 1.67. The maximum absolute atomic E-state index is 11.6. The highest BCUT2D eigenvalue weighted by atomic mass is 32.2. The van der Waals surface area contributed by atoms with Crippen LogP contribution in [0.1, 0.15) is 19.4 Å². The smallest absolute Gasteiger partial charge is 0.226 e. The molecule has 1 amide bonds. The first kappa shape index (κ1) is 12.9. The van der Waals surface area contributed by atoms with Gasteiger partial charge in [0.2, 0.25) is 5.91 Å². The number of rotatable bonds is 4. The van der Waals surface area contributed by atoms with Crippen molar-refractivity contribution < 1.29 is 9.00 Å². The molecule has 3 nitrogen and oxygen atoms in total. The Bertz CT molecular complexity index is 402. The third-order valence-corrected chi connectivity index (χ3v) is 2.88. The molecule has 0 aliphatic rings. The first-order valence-corrected chi connectivity index (χ1v) is 6.92. The fourth-order valence-corrected chi connectivity index (χ4v) is 1.95. The van der Waals surface area contributed by atoms with E-state index in [1.807, 2.05) is 38.1 Å². The first-order valence-electron chi connectivity index (χ1n) is 5.19. The van der Waals surface area contributed by atoms with Gasteiger partial charge in [-0.25, -0.2) is 0 Å². The molecular weight excluding hydrogens is 222 g/mol. The summed E-state index contributed by atoms with van der Waals surface area (Å²) in [4.78, 5) is 11.6. The van der Waals surface area contributed by atoms with Crippen LogP contribution in [0.5, 0.6) is 0 Å². The second-order valence-corrected chi connectivity index (χ2v) is 5.45. The van der Waals surface area contributed by atoms with Crippen molar-refractivity contribution in [3.63, 3.8) is 0 Å². The Morgan fingerprint density at radius 1 is 1.38 bits per heavy atom. The molecule has 0 aliphatic carbocycles. The Morgan fingerprint density at radius 3 is 2.56 bits per heavy atom. The van der Waals surface area contributed by atoms with Gasteiger partial charge in [0.25, 0.3) is 0 Å². The molecular formula is C12H17NO2S. The van der Waals surface area contributed by atoms with Gasteiger partial charge in [-0.15, -0.1) is 0 Å². The zero-order chi connectivity index (χ0) is 12.1. The quantitative estimate of drug-likeness (QED) is 0.875. The molecule has 1 aromatic carbocycles. The summed E-state index contributed by atoms with van der Waals surface area (Å²) in [6.07, 6.45) is 1.65. The number of para-hydroxylation sites is 1. The van der Waals surface area contributed by atoms with Crippen molar-refractivity contribution in [2.75, 3.05) is 11.6 Å². The van der Waals surface area contributed by atoms with E-state index in [0.29, 0.717) is 5.75 Å². The van der Waals surface area contributed by atoms with Crippen molar-refractivity contribution in [2.24, 2.45) is 5.92 Å². The molecule has 0 radical (unpaired) electrons. The van der Waals surface area contributed by atoms with Crippen LogP contribution in [0.3, 0.4) is 0 Å². The monoisotopic (exact) mass is 239 g/mol. The molecule has 16 heavy (non-hydrogen) atoms. The molecule has 1 atom stereocenters. The molecule has 0 saturated heterocycles. The molecule has 0 aliphatic heterocycles. The van der Waals surface area contributed by atoms with Crippen LogP contribution in [0, 0.1) is 5.92 Å². The van der Waals surface area contributed by atoms with Gasteiger partial charge in [-0.3, -0.25) is 9.00 Å². The van der Waals surface area contributed by atoms with Gasteiger partial charge in [-0.2, -0.15) is 0 Å². The Labute approximate surface area is 98.7 Å². The molecule has 4 heteroatoms. The fraction of sp³-hybridized carbons (Fsp3) is 0.417. The van der Waals surface area contributed by atoms with Crippen molar-refractivity contribution in [3.8, 4) is 0 Å². The standard InChI is InChI=1S/C12H17NO2S/c1-9(2)12(14)13-11-7-5-4-6-10(11)8-16(3)15/h4-7,9H,8H2,1-3H3,(H,13,14)/t16-/m0/s1. The van der Waals surface area contributed by atoms with Gasteiger partial charge in [-0.1, -0.05) is 32.0 Å². The minimum Gasteiger partial charge on any atom is -0.326 e. The number of hydrogen-bond donors (Lipinski definition) is 1. The van der Waals surface area contributed by atoms with Gasteiger partial charge in [-0.05, 0) is 11.6 Å². The Hall–Kier alpha value is -1.16. The van der Waals surface area contributed by atoms with E-state index in [9.17, 15) is 9.00 Å². The van der Waals surface area contributed by atoms with E-state index >= 15 is 0 Å². The summed E-state index contributed by atoms with van der Waals surface area (Å²) in [6, 6.07) is 7.46. The number of carbonyl (C=O) groups excluding carboxylic acids is 1. The molecule has 0 bridgehead atoms. The van der Waals surface area contributed by atoms with E-state index in [2.05, 4.69) is 5.32 Å². The zero-order valence-electron chi connectivity index (χ0n) is 9.82. The number of amides is 1. The van der Waals surface area contributed by atoms with Crippen LogP contribution in [0.25, 0.3) is 0 Å². The molecule has 0 saturated carbocycles. The molecule has 1 aromatic rings. The summed E-state index contributed by atoms with van der Waals surface area (Å²) in [5, 5.41) is 2.84. The molecule has 1 N–H and O–H groups in total. The lowest BCUT2D eigenvalue weighted by molar-refractivity contribution is -0.118. The third-order valence-electron chi connectivity index (χ3n) is 2.16. The van der Waals surface area contributed by atoms with Crippen molar-refractivity contribution in [3.05, 3.63) is 29.8 Å². The number of anilines is 1. The van der Waals surface area contributed by atoms with E-state index in [-0.39, 0.29) is 11.8 Å². The zero-order valence-corrected chi connectivity index (χ0v) is 10.6. The number of carbonyl (C=O) groups is 1. The largest absolute Gasteiger partial charge is 0.326 e. The average molecular weight is 239 g/mol. The van der Waals surface area contributed by atoms with Crippen molar-refractivity contribution in [2.45, 2.75) is 19.6 Å². The van der Waals surface area contributed by atoms with Crippen LogP contribution in [-0.4, -0.2) is 16.4 Å². The second-order valence-electron chi connectivity index (χ2n) is 4.02. The highest BCUT2D eigenvalue weighted by Gasteiger charge is 2.10. The van der Waals surface area contributed by atoms with Crippen LogP contribution in [0.2, 0.25) is 0 Å². The minimum atomic E-state index is -0.904. The van der Waals surface area contributed by atoms with Crippen LogP contribution >= 0.6 is 0 Å². The van der Waals surface area contributed by atoms with Crippen LogP contribution in [0.15, 0.2) is 24.3 Å². The second kappa shape index (κ2) is 5.80. The van der Waals surface area contributed by atoms with E-state index in [1.165, 1.54) is 0 Å². The number of benzene rings is 1. The first-order chi connectivity index (χ1) is 7.50. The van der Waals surface area contributed by atoms with Gasteiger partial charge in [0.05, 0.1) is 5.75 Å². The molecule has 0 spiro atoms.